The zero-order valence-corrected chi connectivity index (χ0v) is 11.6. The lowest BCUT2D eigenvalue weighted by Crippen LogP contribution is -2.36. The summed E-state index contributed by atoms with van der Waals surface area (Å²) in [5.74, 6) is -1.41. The highest BCUT2D eigenvalue weighted by molar-refractivity contribution is 5.87. The van der Waals surface area contributed by atoms with Gasteiger partial charge >= 0.3 is 5.97 Å². The fourth-order valence-electron chi connectivity index (χ4n) is 2.38. The molecule has 1 aromatic carbocycles. The molecule has 4 nitrogen and oxygen atoms in total. The third-order valence-corrected chi connectivity index (χ3v) is 3.86. The molecule has 1 aromatic rings. The van der Waals surface area contributed by atoms with E-state index < -0.39 is 5.97 Å². The molecule has 0 spiro atoms. The Hall–Kier alpha value is -1.46. The summed E-state index contributed by atoms with van der Waals surface area (Å²) in [5, 5.41) is 12.1. The number of nitrogens with one attached hydrogen (secondary N) is 1. The summed E-state index contributed by atoms with van der Waals surface area (Å²) in [6.45, 7) is 4.82. The van der Waals surface area contributed by atoms with Crippen molar-refractivity contribution in [2.45, 2.75) is 26.3 Å². The number of carbonyl (C=O) groups is 1. The van der Waals surface area contributed by atoms with Crippen molar-refractivity contribution in [1.29, 1.82) is 0 Å². The molecule has 0 saturated carbocycles. The van der Waals surface area contributed by atoms with Crippen molar-refractivity contribution in [3.8, 4) is 0 Å². The van der Waals surface area contributed by atoms with Gasteiger partial charge in [0.25, 0.3) is 0 Å². The Labute approximate surface area is 117 Å². The molecule has 1 fully saturated rings. The van der Waals surface area contributed by atoms with Crippen LogP contribution in [0.15, 0.2) is 18.2 Å². The summed E-state index contributed by atoms with van der Waals surface area (Å²) in [6.07, 6.45) is 1.97. The second-order valence-corrected chi connectivity index (χ2v) is 5.64. The zero-order valence-electron chi connectivity index (χ0n) is 11.6. The molecule has 5 heteroatoms. The number of hydrogen-bond acceptors (Lipinski definition) is 3. The number of hydrogen-bond donors (Lipinski definition) is 2. The van der Waals surface area contributed by atoms with E-state index in [1.165, 1.54) is 18.2 Å². The van der Waals surface area contributed by atoms with Crippen molar-refractivity contribution < 1.29 is 19.0 Å². The number of carboxylic acids is 1. The topological polar surface area (TPSA) is 58.6 Å². The molecule has 0 atom stereocenters. The van der Waals surface area contributed by atoms with Crippen LogP contribution in [0.3, 0.4) is 0 Å². The first-order chi connectivity index (χ1) is 9.50. The lowest BCUT2D eigenvalue weighted by atomic mass is 9.82. The van der Waals surface area contributed by atoms with Gasteiger partial charge in [-0.05, 0) is 36.5 Å². The molecule has 1 aliphatic rings. The average molecular weight is 281 g/mol. The summed E-state index contributed by atoms with van der Waals surface area (Å²) in [4.78, 5) is 10.9. The fraction of sp³-hybridized carbons (Fsp3) is 0.533. The Bertz CT molecular complexity index is 484. The van der Waals surface area contributed by atoms with Crippen LogP contribution in [-0.4, -0.2) is 30.8 Å². The van der Waals surface area contributed by atoms with Gasteiger partial charge in [0.1, 0.15) is 5.82 Å². The summed E-state index contributed by atoms with van der Waals surface area (Å²) >= 11 is 0. The summed E-state index contributed by atoms with van der Waals surface area (Å²) in [6, 6.07) is 3.87. The van der Waals surface area contributed by atoms with Gasteiger partial charge in [-0.2, -0.15) is 0 Å². The molecule has 1 saturated heterocycles. The predicted octanol–water partition coefficient (Wildman–Crippen LogP) is 2.43. The standard InChI is InChI=1S/C15H20FNO3/c1-15(4-6-20-7-5-15)10-17-9-12-8-11(14(18)19)2-3-13(12)16/h2-3,8,17H,4-7,9-10H2,1H3,(H,18,19). The molecule has 0 aromatic heterocycles. The van der Waals surface area contributed by atoms with Crippen molar-refractivity contribution in [1.82, 2.24) is 5.32 Å². The molecule has 1 aliphatic heterocycles. The van der Waals surface area contributed by atoms with Crippen molar-refractivity contribution in [3.05, 3.63) is 35.1 Å². The van der Waals surface area contributed by atoms with Crippen LogP contribution >= 0.6 is 0 Å². The highest BCUT2D eigenvalue weighted by Crippen LogP contribution is 2.28. The SMILES string of the molecule is CC1(CNCc2cc(C(=O)O)ccc2F)CCOCC1. The van der Waals surface area contributed by atoms with Gasteiger partial charge in [0, 0.05) is 31.9 Å². The van der Waals surface area contributed by atoms with E-state index in [9.17, 15) is 9.18 Å². The van der Waals surface area contributed by atoms with Crippen LogP contribution in [0.25, 0.3) is 0 Å². The van der Waals surface area contributed by atoms with Gasteiger partial charge in [0.15, 0.2) is 0 Å². The first kappa shape index (κ1) is 14.9. The van der Waals surface area contributed by atoms with E-state index >= 15 is 0 Å². The Kier molecular flexibility index (Phi) is 4.73. The number of benzene rings is 1. The first-order valence-electron chi connectivity index (χ1n) is 6.80. The van der Waals surface area contributed by atoms with E-state index in [2.05, 4.69) is 12.2 Å². The molecule has 0 radical (unpaired) electrons. The zero-order chi connectivity index (χ0) is 14.6. The smallest absolute Gasteiger partial charge is 0.335 e. The third kappa shape index (κ3) is 3.77. The molecule has 0 amide bonds. The van der Waals surface area contributed by atoms with Crippen molar-refractivity contribution in [3.63, 3.8) is 0 Å². The minimum absolute atomic E-state index is 0.112. The summed E-state index contributed by atoms with van der Waals surface area (Å²) in [5.41, 5.74) is 0.667. The van der Waals surface area contributed by atoms with E-state index in [0.29, 0.717) is 12.1 Å². The van der Waals surface area contributed by atoms with Gasteiger partial charge in [0.05, 0.1) is 5.56 Å². The normalized spacial score (nSPS) is 17.9. The molecule has 110 valence electrons. The van der Waals surface area contributed by atoms with Gasteiger partial charge in [-0.15, -0.1) is 0 Å². The maximum Gasteiger partial charge on any atom is 0.335 e. The van der Waals surface area contributed by atoms with Crippen molar-refractivity contribution >= 4 is 5.97 Å². The van der Waals surface area contributed by atoms with Gasteiger partial charge in [0.2, 0.25) is 0 Å². The quantitative estimate of drug-likeness (QED) is 0.870. The number of ether oxygens (including phenoxy) is 1. The average Bonchev–Trinajstić information content (AvgIpc) is 2.41. The Morgan fingerprint density at radius 2 is 2.15 bits per heavy atom. The minimum atomic E-state index is -1.04. The maximum absolute atomic E-state index is 13.6. The van der Waals surface area contributed by atoms with Crippen molar-refractivity contribution in [2.24, 2.45) is 5.41 Å². The fourth-order valence-corrected chi connectivity index (χ4v) is 2.38. The molecule has 20 heavy (non-hydrogen) atoms. The minimum Gasteiger partial charge on any atom is -0.478 e. The Balaban J connectivity index is 1.93. The van der Waals surface area contributed by atoms with Gasteiger partial charge < -0.3 is 15.2 Å². The van der Waals surface area contributed by atoms with Crippen LogP contribution in [0.2, 0.25) is 0 Å². The van der Waals surface area contributed by atoms with Crippen LogP contribution in [-0.2, 0) is 11.3 Å². The molecule has 0 unspecified atom stereocenters. The van der Waals surface area contributed by atoms with Crippen LogP contribution in [0.4, 0.5) is 4.39 Å². The van der Waals surface area contributed by atoms with Gasteiger partial charge in [-0.3, -0.25) is 0 Å². The van der Waals surface area contributed by atoms with E-state index in [-0.39, 0.29) is 16.8 Å². The molecule has 2 N–H and O–H groups in total. The molecular formula is C15H20FNO3. The second-order valence-electron chi connectivity index (χ2n) is 5.64. The van der Waals surface area contributed by atoms with Gasteiger partial charge in [-0.1, -0.05) is 6.92 Å². The number of rotatable bonds is 5. The lowest BCUT2D eigenvalue weighted by Gasteiger charge is -2.33. The summed E-state index contributed by atoms with van der Waals surface area (Å²) < 4.78 is 19.0. The molecule has 0 aliphatic carbocycles. The number of aromatic carboxylic acids is 1. The molecule has 0 bridgehead atoms. The number of halogens is 1. The summed E-state index contributed by atoms with van der Waals surface area (Å²) in [7, 11) is 0. The van der Waals surface area contributed by atoms with E-state index in [1.807, 2.05) is 0 Å². The first-order valence-corrected chi connectivity index (χ1v) is 6.80. The molecule has 2 rings (SSSR count). The number of carboxylic acid groups (broad SMARTS) is 1. The van der Waals surface area contributed by atoms with Crippen LogP contribution in [0.1, 0.15) is 35.7 Å². The van der Waals surface area contributed by atoms with Crippen LogP contribution in [0.5, 0.6) is 0 Å². The highest BCUT2D eigenvalue weighted by atomic mass is 19.1. The van der Waals surface area contributed by atoms with Crippen molar-refractivity contribution in [2.75, 3.05) is 19.8 Å². The monoisotopic (exact) mass is 281 g/mol. The Morgan fingerprint density at radius 3 is 2.80 bits per heavy atom. The lowest BCUT2D eigenvalue weighted by molar-refractivity contribution is 0.0239. The van der Waals surface area contributed by atoms with E-state index in [1.54, 1.807) is 0 Å². The molecular weight excluding hydrogens is 261 g/mol. The predicted molar refractivity (Wildman–Crippen MR) is 73.2 cm³/mol. The Morgan fingerprint density at radius 1 is 1.45 bits per heavy atom. The largest absolute Gasteiger partial charge is 0.478 e. The van der Waals surface area contributed by atoms with Gasteiger partial charge in [-0.25, -0.2) is 9.18 Å². The van der Waals surface area contributed by atoms with E-state index in [0.717, 1.165) is 32.6 Å². The second kappa shape index (κ2) is 6.33. The van der Waals surface area contributed by atoms with Crippen LogP contribution in [0, 0.1) is 11.2 Å². The molecule has 1 heterocycles. The highest BCUT2D eigenvalue weighted by Gasteiger charge is 2.26. The third-order valence-electron chi connectivity index (χ3n) is 3.86. The van der Waals surface area contributed by atoms with Crippen LogP contribution < -0.4 is 5.32 Å². The maximum atomic E-state index is 13.6. The van der Waals surface area contributed by atoms with E-state index in [4.69, 9.17) is 9.84 Å².